The summed E-state index contributed by atoms with van der Waals surface area (Å²) in [6, 6.07) is 6.85. The van der Waals surface area contributed by atoms with Crippen molar-refractivity contribution in [3.63, 3.8) is 0 Å². The second-order valence-corrected chi connectivity index (χ2v) is 6.78. The Kier molecular flexibility index (Phi) is 4.21. The second kappa shape index (κ2) is 5.94. The zero-order chi connectivity index (χ0) is 20.2. The third kappa shape index (κ3) is 3.02. The van der Waals surface area contributed by atoms with Crippen LogP contribution in [0, 0.1) is 0 Å². The minimum atomic E-state index is -5.74. The van der Waals surface area contributed by atoms with Gasteiger partial charge < -0.3 is 4.74 Å². The summed E-state index contributed by atoms with van der Waals surface area (Å²) in [5.41, 5.74) is -1.79. The molecule has 1 aromatic carbocycles. The molecule has 27 heavy (non-hydrogen) atoms. The van der Waals surface area contributed by atoms with Gasteiger partial charge in [-0.05, 0) is 50.6 Å². The van der Waals surface area contributed by atoms with Crippen molar-refractivity contribution in [2.24, 2.45) is 0 Å². The quantitative estimate of drug-likeness (QED) is 0.685. The van der Waals surface area contributed by atoms with E-state index in [1.807, 2.05) is 0 Å². The van der Waals surface area contributed by atoms with E-state index in [1.54, 1.807) is 26.8 Å². The van der Waals surface area contributed by atoms with Crippen LogP contribution in [0.4, 0.5) is 22.0 Å². The summed E-state index contributed by atoms with van der Waals surface area (Å²) in [6.07, 6.45) is -4.31. The molecule has 0 spiro atoms. The Morgan fingerprint density at radius 2 is 1.70 bits per heavy atom. The fourth-order valence-electron chi connectivity index (χ4n) is 2.92. The molecular weight excluding hydrogens is 369 g/mol. The Balaban J connectivity index is 2.31. The second-order valence-electron chi connectivity index (χ2n) is 6.78. The average Bonchev–Trinajstić information content (AvgIpc) is 2.55. The highest BCUT2D eigenvalue weighted by Gasteiger charge is 2.59. The number of benzene rings is 1. The molecule has 1 aromatic heterocycles. The molecule has 2 aromatic rings. The third-order valence-electron chi connectivity index (χ3n) is 4.64. The summed E-state index contributed by atoms with van der Waals surface area (Å²) in [6.45, 7) is 5.08. The highest BCUT2D eigenvalue weighted by molar-refractivity contribution is 5.77. The maximum Gasteiger partial charge on any atom is 0.458 e. The summed E-state index contributed by atoms with van der Waals surface area (Å²) in [5.74, 6) is -4.91. The molecule has 0 aliphatic carbocycles. The number of nitrogens with zero attached hydrogens (tertiary/aromatic N) is 1. The SMILES string of the molecule is CC1=C(n2ccccc2=O)c2cc(C(F)(F)C(F)(F)F)ccc2OC1(C)C. The van der Waals surface area contributed by atoms with Gasteiger partial charge in [0.25, 0.3) is 5.56 Å². The average molecular weight is 385 g/mol. The van der Waals surface area contributed by atoms with Crippen LogP contribution in [-0.2, 0) is 5.92 Å². The number of hydrogen-bond donors (Lipinski definition) is 0. The van der Waals surface area contributed by atoms with Gasteiger partial charge in [0.05, 0.1) is 5.70 Å². The molecule has 0 unspecified atom stereocenters. The van der Waals surface area contributed by atoms with Gasteiger partial charge in [-0.15, -0.1) is 0 Å². The highest BCUT2D eigenvalue weighted by atomic mass is 19.4. The van der Waals surface area contributed by atoms with Crippen molar-refractivity contribution in [1.29, 1.82) is 0 Å². The lowest BCUT2D eigenvalue weighted by Gasteiger charge is -2.36. The smallest absolute Gasteiger partial charge is 0.458 e. The molecule has 8 heteroatoms. The number of pyridine rings is 1. The lowest BCUT2D eigenvalue weighted by Crippen LogP contribution is -2.37. The van der Waals surface area contributed by atoms with Crippen molar-refractivity contribution < 1.29 is 26.7 Å². The van der Waals surface area contributed by atoms with Crippen molar-refractivity contribution >= 4 is 5.70 Å². The molecule has 0 fully saturated rings. The van der Waals surface area contributed by atoms with Gasteiger partial charge in [0.2, 0.25) is 0 Å². The van der Waals surface area contributed by atoms with E-state index in [0.29, 0.717) is 11.6 Å². The normalized spacial score (nSPS) is 16.7. The summed E-state index contributed by atoms with van der Waals surface area (Å²) in [5, 5.41) is 0. The summed E-state index contributed by atoms with van der Waals surface area (Å²) >= 11 is 0. The van der Waals surface area contributed by atoms with Crippen LogP contribution < -0.4 is 10.3 Å². The molecular formula is C19H16F5NO2. The fraction of sp³-hybridized carbons (Fsp3) is 0.316. The standard InChI is InChI=1S/C19H16F5NO2/c1-11-16(25-9-5-4-6-15(25)26)13-10-12(18(20,21)19(22,23)24)7-8-14(13)27-17(11,2)3/h4-10H,1-3H3. The molecule has 0 atom stereocenters. The van der Waals surface area contributed by atoms with Crippen LogP contribution in [0.5, 0.6) is 5.75 Å². The first kappa shape index (κ1) is 19.1. The maximum atomic E-state index is 13.8. The summed E-state index contributed by atoms with van der Waals surface area (Å²) in [4.78, 5) is 12.3. The molecule has 0 bridgehead atoms. The van der Waals surface area contributed by atoms with Crippen molar-refractivity contribution in [2.45, 2.75) is 38.5 Å². The number of aromatic nitrogens is 1. The van der Waals surface area contributed by atoms with E-state index in [4.69, 9.17) is 4.74 Å². The van der Waals surface area contributed by atoms with Crippen LogP contribution >= 0.6 is 0 Å². The summed E-state index contributed by atoms with van der Waals surface area (Å²) in [7, 11) is 0. The van der Waals surface area contributed by atoms with Crippen LogP contribution in [0.2, 0.25) is 0 Å². The number of rotatable bonds is 2. The van der Waals surface area contributed by atoms with E-state index in [9.17, 15) is 26.7 Å². The van der Waals surface area contributed by atoms with Gasteiger partial charge in [0, 0.05) is 23.4 Å². The molecule has 1 aliphatic rings. The molecule has 3 rings (SSSR count). The number of fused-ring (bicyclic) bond motifs is 1. The van der Waals surface area contributed by atoms with Crippen LogP contribution in [0.3, 0.4) is 0 Å². The molecule has 0 amide bonds. The van der Waals surface area contributed by atoms with E-state index < -0.39 is 28.8 Å². The van der Waals surface area contributed by atoms with E-state index >= 15 is 0 Å². The Labute approximate surface area is 151 Å². The molecule has 3 nitrogen and oxygen atoms in total. The van der Waals surface area contributed by atoms with Gasteiger partial charge in [-0.25, -0.2) is 0 Å². The Bertz CT molecular complexity index is 986. The minimum Gasteiger partial charge on any atom is -0.483 e. The van der Waals surface area contributed by atoms with E-state index in [0.717, 1.165) is 12.1 Å². The predicted octanol–water partition coefficient (Wildman–Crippen LogP) is 4.95. The van der Waals surface area contributed by atoms with E-state index in [1.165, 1.54) is 22.9 Å². The topological polar surface area (TPSA) is 31.2 Å². The van der Waals surface area contributed by atoms with Crippen molar-refractivity contribution in [3.05, 3.63) is 69.6 Å². The van der Waals surface area contributed by atoms with Crippen molar-refractivity contribution in [3.8, 4) is 5.75 Å². The number of alkyl halides is 5. The van der Waals surface area contributed by atoms with Crippen LogP contribution in [-0.4, -0.2) is 16.3 Å². The summed E-state index contributed by atoms with van der Waals surface area (Å²) < 4.78 is 73.0. The third-order valence-corrected chi connectivity index (χ3v) is 4.64. The lowest BCUT2D eigenvalue weighted by atomic mass is 9.89. The molecule has 1 aliphatic heterocycles. The molecule has 0 N–H and O–H groups in total. The highest BCUT2D eigenvalue weighted by Crippen LogP contribution is 2.47. The number of ether oxygens (including phenoxy) is 1. The fourth-order valence-corrected chi connectivity index (χ4v) is 2.92. The zero-order valence-corrected chi connectivity index (χ0v) is 14.7. The number of hydrogen-bond acceptors (Lipinski definition) is 2. The van der Waals surface area contributed by atoms with Crippen LogP contribution in [0.1, 0.15) is 31.9 Å². The van der Waals surface area contributed by atoms with E-state index in [2.05, 4.69) is 0 Å². The predicted molar refractivity (Wildman–Crippen MR) is 89.8 cm³/mol. The minimum absolute atomic E-state index is 0.00144. The first-order valence-corrected chi connectivity index (χ1v) is 8.04. The van der Waals surface area contributed by atoms with Crippen LogP contribution in [0.25, 0.3) is 5.70 Å². The van der Waals surface area contributed by atoms with E-state index in [-0.39, 0.29) is 17.0 Å². The zero-order valence-electron chi connectivity index (χ0n) is 14.7. The van der Waals surface area contributed by atoms with Gasteiger partial charge in [-0.2, -0.15) is 22.0 Å². The monoisotopic (exact) mass is 385 g/mol. The Morgan fingerprint density at radius 3 is 2.30 bits per heavy atom. The van der Waals surface area contributed by atoms with Gasteiger partial charge in [-0.1, -0.05) is 6.07 Å². The van der Waals surface area contributed by atoms with Gasteiger partial charge in [-0.3, -0.25) is 9.36 Å². The van der Waals surface area contributed by atoms with Gasteiger partial charge >= 0.3 is 12.1 Å². The Hall–Kier alpha value is -2.64. The van der Waals surface area contributed by atoms with Crippen molar-refractivity contribution in [1.82, 2.24) is 4.57 Å². The molecule has 144 valence electrons. The molecule has 0 radical (unpaired) electrons. The maximum absolute atomic E-state index is 13.8. The molecule has 0 saturated carbocycles. The lowest BCUT2D eigenvalue weighted by molar-refractivity contribution is -0.289. The first-order chi connectivity index (χ1) is 12.4. The van der Waals surface area contributed by atoms with Crippen molar-refractivity contribution in [2.75, 3.05) is 0 Å². The van der Waals surface area contributed by atoms with Crippen LogP contribution in [0.15, 0.2) is 53.0 Å². The molecule has 2 heterocycles. The largest absolute Gasteiger partial charge is 0.483 e. The van der Waals surface area contributed by atoms with Gasteiger partial charge in [0.1, 0.15) is 11.4 Å². The molecule has 0 saturated heterocycles. The number of halogens is 5. The van der Waals surface area contributed by atoms with Gasteiger partial charge in [0.15, 0.2) is 0 Å². The first-order valence-electron chi connectivity index (χ1n) is 8.04. The Morgan fingerprint density at radius 1 is 1.04 bits per heavy atom.